The van der Waals surface area contributed by atoms with Gasteiger partial charge in [0.2, 0.25) is 11.9 Å². The number of hydrogen-bond donors (Lipinski definition) is 2. The highest BCUT2D eigenvalue weighted by Crippen LogP contribution is 2.38. The van der Waals surface area contributed by atoms with Crippen LogP contribution in [0, 0.1) is 5.82 Å². The molecule has 0 spiro atoms. The van der Waals surface area contributed by atoms with Crippen LogP contribution in [0.5, 0.6) is 0 Å². The van der Waals surface area contributed by atoms with Crippen molar-refractivity contribution in [2.45, 2.75) is 70.5 Å². The Kier molecular flexibility index (Phi) is 5.61. The summed E-state index contributed by atoms with van der Waals surface area (Å²) >= 11 is 0. The predicted molar refractivity (Wildman–Crippen MR) is 126 cm³/mol. The molecule has 0 bridgehead atoms. The largest absolute Gasteiger partial charge is 0.365 e. The molecule has 8 heteroatoms. The molecule has 0 unspecified atom stereocenters. The number of likely N-dealkylation sites (tertiary alicyclic amines) is 1. The summed E-state index contributed by atoms with van der Waals surface area (Å²) in [5.74, 6) is 0.208. The lowest BCUT2D eigenvalue weighted by Crippen LogP contribution is -2.61. The van der Waals surface area contributed by atoms with Gasteiger partial charge >= 0.3 is 0 Å². The van der Waals surface area contributed by atoms with Crippen molar-refractivity contribution in [3.63, 3.8) is 0 Å². The fourth-order valence-corrected chi connectivity index (χ4v) is 5.06. The molecular weight excluding hydrogens is 407 g/mol. The van der Waals surface area contributed by atoms with Crippen LogP contribution in [0.15, 0.2) is 24.4 Å². The third-order valence-corrected chi connectivity index (χ3v) is 7.07. The maximum absolute atomic E-state index is 14.6. The Morgan fingerprint density at radius 2 is 1.78 bits per heavy atom. The molecule has 1 saturated heterocycles. The van der Waals surface area contributed by atoms with Gasteiger partial charge in [-0.1, -0.05) is 0 Å². The molecule has 0 atom stereocenters. The average molecular weight is 441 g/mol. The second-order valence-electron chi connectivity index (χ2n) is 10.2. The van der Waals surface area contributed by atoms with Crippen molar-refractivity contribution >= 4 is 29.0 Å². The van der Waals surface area contributed by atoms with E-state index in [2.05, 4.69) is 60.2 Å². The van der Waals surface area contributed by atoms with Crippen molar-refractivity contribution in [3.05, 3.63) is 35.8 Å². The van der Waals surface area contributed by atoms with Gasteiger partial charge in [-0.3, -0.25) is 9.69 Å². The smallest absolute Gasteiger partial charge is 0.229 e. The standard InChI is InChI=1S/C24H33FN6O/c1-23(2)12-17(13-24(3,4)31(23)6)27-21-18(25)14-26-22(29-21)28-16-8-9-19-15(11-16)7-10-20(32)30(19)5/h8-9,11,14,17H,7,10,12-13H2,1-6H3,(H2,26,27,28,29). The minimum absolute atomic E-state index is 0.0122. The van der Waals surface area contributed by atoms with Crippen LogP contribution in [-0.2, 0) is 11.2 Å². The number of aromatic nitrogens is 2. The minimum Gasteiger partial charge on any atom is -0.365 e. The zero-order valence-corrected chi connectivity index (χ0v) is 19.8. The quantitative estimate of drug-likeness (QED) is 0.737. The van der Waals surface area contributed by atoms with E-state index in [0.29, 0.717) is 18.8 Å². The highest BCUT2D eigenvalue weighted by molar-refractivity contribution is 5.96. The number of amides is 1. The zero-order chi connectivity index (χ0) is 23.3. The zero-order valence-electron chi connectivity index (χ0n) is 19.8. The molecule has 2 N–H and O–H groups in total. The fourth-order valence-electron chi connectivity index (χ4n) is 5.06. The molecule has 4 rings (SSSR count). The number of nitrogens with one attached hydrogen (secondary N) is 2. The van der Waals surface area contributed by atoms with Crippen LogP contribution < -0.4 is 15.5 Å². The second kappa shape index (κ2) is 7.99. The second-order valence-corrected chi connectivity index (χ2v) is 10.2. The molecule has 172 valence electrons. The third kappa shape index (κ3) is 4.28. The number of fused-ring (bicyclic) bond motifs is 1. The summed E-state index contributed by atoms with van der Waals surface area (Å²) in [7, 11) is 3.94. The number of carbonyl (C=O) groups is 1. The Morgan fingerprint density at radius 3 is 2.47 bits per heavy atom. The molecule has 7 nitrogen and oxygen atoms in total. The van der Waals surface area contributed by atoms with Crippen LogP contribution in [0.3, 0.4) is 0 Å². The van der Waals surface area contributed by atoms with Gasteiger partial charge in [0, 0.05) is 42.0 Å². The highest BCUT2D eigenvalue weighted by atomic mass is 19.1. The van der Waals surface area contributed by atoms with Crippen molar-refractivity contribution < 1.29 is 9.18 Å². The first kappa shape index (κ1) is 22.5. The summed E-state index contributed by atoms with van der Waals surface area (Å²) in [5, 5.41) is 6.51. The van der Waals surface area contributed by atoms with Crippen LogP contribution >= 0.6 is 0 Å². The van der Waals surface area contributed by atoms with E-state index in [1.54, 1.807) is 11.9 Å². The maximum Gasteiger partial charge on any atom is 0.229 e. The Hall–Kier alpha value is -2.74. The minimum atomic E-state index is -0.462. The molecule has 2 aliphatic heterocycles. The molecule has 3 heterocycles. The van der Waals surface area contributed by atoms with Gasteiger partial charge in [0.25, 0.3) is 0 Å². The van der Waals surface area contributed by atoms with Gasteiger partial charge in [-0.15, -0.1) is 0 Å². The summed E-state index contributed by atoms with van der Waals surface area (Å²) in [6, 6.07) is 5.90. The summed E-state index contributed by atoms with van der Waals surface area (Å²) < 4.78 is 14.6. The monoisotopic (exact) mass is 440 g/mol. The van der Waals surface area contributed by atoms with Crippen molar-refractivity contribution in [2.24, 2.45) is 0 Å². The third-order valence-electron chi connectivity index (χ3n) is 7.07. The van der Waals surface area contributed by atoms with Crippen molar-refractivity contribution in [1.82, 2.24) is 14.9 Å². The van der Waals surface area contributed by atoms with Gasteiger partial charge in [0.1, 0.15) is 0 Å². The molecule has 0 radical (unpaired) electrons. The van der Waals surface area contributed by atoms with Crippen molar-refractivity contribution in [1.29, 1.82) is 0 Å². The van der Waals surface area contributed by atoms with Crippen molar-refractivity contribution in [2.75, 3.05) is 29.6 Å². The highest BCUT2D eigenvalue weighted by Gasteiger charge is 2.43. The Bertz CT molecular complexity index is 1020. The number of hydrogen-bond acceptors (Lipinski definition) is 6. The molecule has 1 fully saturated rings. The Balaban J connectivity index is 1.52. The molecule has 1 aromatic heterocycles. The molecule has 1 amide bonds. The van der Waals surface area contributed by atoms with E-state index in [1.165, 1.54) is 6.20 Å². The number of aryl methyl sites for hydroxylation is 1. The predicted octanol–water partition coefficient (Wildman–Crippen LogP) is 4.33. The number of rotatable bonds is 4. The molecular formula is C24H33FN6O. The number of carbonyl (C=O) groups excluding carboxylic acids is 1. The van der Waals surface area contributed by atoms with Crippen LogP contribution in [0.4, 0.5) is 27.5 Å². The first-order valence-electron chi connectivity index (χ1n) is 11.2. The van der Waals surface area contributed by atoms with Gasteiger partial charge in [-0.05, 0) is 77.8 Å². The SMILES string of the molecule is CN1C(=O)CCc2cc(Nc3ncc(F)c(NC4CC(C)(C)N(C)C(C)(C)C4)n3)ccc21. The van der Waals surface area contributed by atoms with E-state index < -0.39 is 5.82 Å². The lowest BCUT2D eigenvalue weighted by molar-refractivity contribution is -0.118. The first-order valence-corrected chi connectivity index (χ1v) is 11.2. The molecule has 2 aromatic rings. The molecule has 32 heavy (non-hydrogen) atoms. The molecule has 1 aromatic carbocycles. The summed E-state index contributed by atoms with van der Waals surface area (Å²) in [4.78, 5) is 24.5. The van der Waals surface area contributed by atoms with Crippen molar-refractivity contribution in [3.8, 4) is 0 Å². The van der Waals surface area contributed by atoms with Gasteiger partial charge in [0.05, 0.1) is 6.20 Å². The molecule has 0 saturated carbocycles. The van der Waals surface area contributed by atoms with Gasteiger partial charge < -0.3 is 15.5 Å². The summed E-state index contributed by atoms with van der Waals surface area (Å²) in [6.45, 7) is 8.86. The number of anilines is 4. The van der Waals surface area contributed by atoms with E-state index in [1.807, 2.05) is 18.2 Å². The normalized spacial score (nSPS) is 20.7. The Labute approximate surface area is 189 Å². The number of nitrogens with zero attached hydrogens (tertiary/aromatic N) is 4. The Morgan fingerprint density at radius 1 is 1.09 bits per heavy atom. The van der Waals surface area contributed by atoms with Gasteiger partial charge in [0.15, 0.2) is 11.6 Å². The first-order chi connectivity index (χ1) is 15.0. The number of piperidine rings is 1. The van der Waals surface area contributed by atoms with Crippen LogP contribution in [-0.4, -0.2) is 52.0 Å². The van der Waals surface area contributed by atoms with E-state index in [-0.39, 0.29) is 28.8 Å². The number of halogens is 1. The van der Waals surface area contributed by atoms with E-state index in [9.17, 15) is 9.18 Å². The van der Waals surface area contributed by atoms with Crippen LogP contribution in [0.25, 0.3) is 0 Å². The van der Waals surface area contributed by atoms with E-state index in [0.717, 1.165) is 29.8 Å². The van der Waals surface area contributed by atoms with Gasteiger partial charge in [-0.25, -0.2) is 9.37 Å². The topological polar surface area (TPSA) is 73.4 Å². The fraction of sp³-hybridized carbons (Fsp3) is 0.542. The van der Waals surface area contributed by atoms with Crippen LogP contribution in [0.2, 0.25) is 0 Å². The maximum atomic E-state index is 14.6. The van der Waals surface area contributed by atoms with E-state index >= 15 is 0 Å². The average Bonchev–Trinajstić information content (AvgIpc) is 2.71. The molecule has 0 aliphatic carbocycles. The summed E-state index contributed by atoms with van der Waals surface area (Å²) in [6.07, 6.45) is 4.17. The van der Waals surface area contributed by atoms with Gasteiger partial charge in [-0.2, -0.15) is 4.98 Å². The van der Waals surface area contributed by atoms with Crippen LogP contribution in [0.1, 0.15) is 52.5 Å². The lowest BCUT2D eigenvalue weighted by atomic mass is 9.77. The molecule has 2 aliphatic rings. The summed E-state index contributed by atoms with van der Waals surface area (Å²) in [5.41, 5.74) is 2.80. The number of benzene rings is 1. The lowest BCUT2D eigenvalue weighted by Gasteiger charge is -2.53. The van der Waals surface area contributed by atoms with E-state index in [4.69, 9.17) is 0 Å².